The van der Waals surface area contributed by atoms with Gasteiger partial charge >= 0.3 is 6.18 Å². The Morgan fingerprint density at radius 3 is 2.65 bits per heavy atom. The van der Waals surface area contributed by atoms with E-state index in [0.717, 1.165) is 12.1 Å². The lowest BCUT2D eigenvalue weighted by atomic mass is 9.98. The summed E-state index contributed by atoms with van der Waals surface area (Å²) in [6.07, 6.45) is -2.70. The van der Waals surface area contributed by atoms with Gasteiger partial charge in [-0.05, 0) is 17.7 Å². The molecule has 1 aliphatic carbocycles. The van der Waals surface area contributed by atoms with E-state index in [4.69, 9.17) is 17.3 Å². The van der Waals surface area contributed by atoms with Crippen molar-refractivity contribution in [3.05, 3.63) is 52.7 Å². The first-order chi connectivity index (χ1) is 9.34. The zero-order valence-corrected chi connectivity index (χ0v) is 11.0. The number of rotatable bonds is 2. The molecule has 1 aromatic carbocycles. The molecule has 0 saturated heterocycles. The molecule has 2 N–H and O–H groups in total. The van der Waals surface area contributed by atoms with Crippen LogP contribution in [0.5, 0.6) is 0 Å². The molecule has 0 spiro atoms. The van der Waals surface area contributed by atoms with E-state index in [-0.39, 0.29) is 29.0 Å². The molecule has 2 nitrogen and oxygen atoms in total. The molecule has 20 heavy (non-hydrogen) atoms. The molecule has 106 valence electrons. The van der Waals surface area contributed by atoms with E-state index in [1.165, 1.54) is 23.7 Å². The average molecular weight is 302 g/mol. The highest BCUT2D eigenvalue weighted by Crippen LogP contribution is 2.36. The van der Waals surface area contributed by atoms with E-state index in [0.29, 0.717) is 0 Å². The van der Waals surface area contributed by atoms with Gasteiger partial charge in [-0.1, -0.05) is 29.8 Å². The van der Waals surface area contributed by atoms with Gasteiger partial charge in [0.1, 0.15) is 0 Å². The van der Waals surface area contributed by atoms with Crippen LogP contribution in [0.4, 0.5) is 13.2 Å². The maximum absolute atomic E-state index is 12.7. The van der Waals surface area contributed by atoms with Crippen LogP contribution in [0.25, 0.3) is 5.57 Å². The molecule has 0 heterocycles. The van der Waals surface area contributed by atoms with Gasteiger partial charge in [-0.3, -0.25) is 4.79 Å². The summed E-state index contributed by atoms with van der Waals surface area (Å²) < 4.78 is 38.1. The van der Waals surface area contributed by atoms with Gasteiger partial charge < -0.3 is 5.73 Å². The second kappa shape index (κ2) is 5.32. The van der Waals surface area contributed by atoms with Crippen molar-refractivity contribution in [3.63, 3.8) is 0 Å². The van der Waals surface area contributed by atoms with Crippen LogP contribution in [0.15, 0.2) is 41.6 Å². The SMILES string of the molecule is NC1=C(c2cccc(C(F)(F)F)c2)C(=O)C(/C=C/Cl)C1. The molecule has 0 fully saturated rings. The number of allylic oxidation sites excluding steroid dienone is 3. The lowest BCUT2D eigenvalue weighted by molar-refractivity contribution is -0.137. The zero-order chi connectivity index (χ0) is 14.9. The van der Waals surface area contributed by atoms with E-state index in [1.807, 2.05) is 0 Å². The standard InChI is InChI=1S/C14H11ClF3NO/c15-5-4-9-7-11(19)12(13(9)20)8-2-1-3-10(6-8)14(16,17)18/h1-6,9H,7,19H2/b5-4+. The highest BCUT2D eigenvalue weighted by molar-refractivity contribution is 6.27. The van der Waals surface area contributed by atoms with Gasteiger partial charge in [0.2, 0.25) is 0 Å². The predicted octanol–water partition coefficient (Wildman–Crippen LogP) is 3.72. The molecule has 1 aromatic rings. The minimum absolute atomic E-state index is 0.149. The quantitative estimate of drug-likeness (QED) is 0.904. The summed E-state index contributed by atoms with van der Waals surface area (Å²) in [7, 11) is 0. The Kier molecular flexibility index (Phi) is 3.90. The Bertz CT molecular complexity index is 605. The Morgan fingerprint density at radius 2 is 2.05 bits per heavy atom. The summed E-state index contributed by atoms with van der Waals surface area (Å²) >= 11 is 5.43. The summed E-state index contributed by atoms with van der Waals surface area (Å²) in [5.41, 5.74) is 6.81. The number of carbonyl (C=O) groups is 1. The summed E-state index contributed by atoms with van der Waals surface area (Å²) in [6.45, 7) is 0. The second-order valence-corrected chi connectivity index (χ2v) is 4.72. The van der Waals surface area contributed by atoms with Crippen LogP contribution in [0.3, 0.4) is 0 Å². The monoisotopic (exact) mass is 301 g/mol. The van der Waals surface area contributed by atoms with Crippen LogP contribution in [-0.2, 0) is 11.0 Å². The number of alkyl halides is 3. The fraction of sp³-hybridized carbons (Fsp3) is 0.214. The number of hydrogen-bond acceptors (Lipinski definition) is 2. The number of hydrogen-bond donors (Lipinski definition) is 1. The number of nitrogens with two attached hydrogens (primary N) is 1. The topological polar surface area (TPSA) is 43.1 Å². The number of halogens is 4. The molecule has 1 unspecified atom stereocenters. The molecule has 1 atom stereocenters. The van der Waals surface area contributed by atoms with Crippen LogP contribution in [0.2, 0.25) is 0 Å². The van der Waals surface area contributed by atoms with Gasteiger partial charge in [-0.25, -0.2) is 0 Å². The van der Waals surface area contributed by atoms with Crippen LogP contribution >= 0.6 is 11.6 Å². The first kappa shape index (κ1) is 14.7. The fourth-order valence-corrected chi connectivity index (χ4v) is 2.37. The molecule has 0 amide bonds. The summed E-state index contributed by atoms with van der Waals surface area (Å²) in [4.78, 5) is 12.1. The van der Waals surface area contributed by atoms with E-state index in [9.17, 15) is 18.0 Å². The molecule has 0 aliphatic heterocycles. The smallest absolute Gasteiger partial charge is 0.401 e. The van der Waals surface area contributed by atoms with Gasteiger partial charge in [0.25, 0.3) is 0 Å². The molecule has 2 rings (SSSR count). The van der Waals surface area contributed by atoms with E-state index < -0.39 is 17.7 Å². The third-order valence-corrected chi connectivity index (χ3v) is 3.27. The minimum Gasteiger partial charge on any atom is -0.401 e. The third kappa shape index (κ3) is 2.72. The van der Waals surface area contributed by atoms with Gasteiger partial charge in [0, 0.05) is 29.1 Å². The van der Waals surface area contributed by atoms with Crippen molar-refractivity contribution in [2.75, 3.05) is 0 Å². The predicted molar refractivity (Wildman–Crippen MR) is 70.7 cm³/mol. The van der Waals surface area contributed by atoms with Crippen LogP contribution in [-0.4, -0.2) is 5.78 Å². The van der Waals surface area contributed by atoms with Crippen molar-refractivity contribution in [3.8, 4) is 0 Å². The van der Waals surface area contributed by atoms with Crippen molar-refractivity contribution in [1.29, 1.82) is 0 Å². The van der Waals surface area contributed by atoms with Gasteiger partial charge in [0.15, 0.2) is 5.78 Å². The second-order valence-electron chi connectivity index (χ2n) is 4.47. The average Bonchev–Trinajstić information content (AvgIpc) is 2.64. The first-order valence-electron chi connectivity index (χ1n) is 5.82. The fourth-order valence-electron chi connectivity index (χ4n) is 2.20. The van der Waals surface area contributed by atoms with Gasteiger partial charge in [-0.2, -0.15) is 13.2 Å². The maximum atomic E-state index is 12.7. The summed E-state index contributed by atoms with van der Waals surface area (Å²) in [5, 5.41) is 0. The molecule has 0 bridgehead atoms. The normalized spacial score (nSPS) is 20.2. The number of carbonyl (C=O) groups excluding carboxylic acids is 1. The Hall–Kier alpha value is -1.75. The molecule has 0 radical (unpaired) electrons. The van der Waals surface area contributed by atoms with Gasteiger partial charge in [-0.15, -0.1) is 0 Å². The Labute approximate surface area is 118 Å². The minimum atomic E-state index is -4.46. The highest BCUT2D eigenvalue weighted by atomic mass is 35.5. The van der Waals surface area contributed by atoms with Crippen LogP contribution < -0.4 is 5.73 Å². The molecule has 0 aromatic heterocycles. The molecular formula is C14H11ClF3NO. The lowest BCUT2D eigenvalue weighted by Gasteiger charge is -2.09. The number of ketones is 1. The Morgan fingerprint density at radius 1 is 1.35 bits per heavy atom. The van der Waals surface area contributed by atoms with Crippen molar-refractivity contribution < 1.29 is 18.0 Å². The largest absolute Gasteiger partial charge is 0.416 e. The first-order valence-corrected chi connectivity index (χ1v) is 6.25. The summed E-state index contributed by atoms with van der Waals surface area (Å²) in [5.74, 6) is -0.809. The molecule has 0 saturated carbocycles. The summed E-state index contributed by atoms with van der Waals surface area (Å²) in [6, 6.07) is 4.60. The number of benzene rings is 1. The Balaban J connectivity index is 2.42. The lowest BCUT2D eigenvalue weighted by Crippen LogP contribution is -2.09. The van der Waals surface area contributed by atoms with Crippen molar-refractivity contribution in [2.45, 2.75) is 12.6 Å². The zero-order valence-electron chi connectivity index (χ0n) is 10.2. The maximum Gasteiger partial charge on any atom is 0.416 e. The van der Waals surface area contributed by atoms with E-state index >= 15 is 0 Å². The highest BCUT2D eigenvalue weighted by Gasteiger charge is 2.34. The van der Waals surface area contributed by atoms with E-state index in [1.54, 1.807) is 0 Å². The molecular weight excluding hydrogens is 291 g/mol. The molecule has 1 aliphatic rings. The van der Waals surface area contributed by atoms with Crippen LogP contribution in [0.1, 0.15) is 17.5 Å². The van der Waals surface area contributed by atoms with Crippen molar-refractivity contribution in [2.24, 2.45) is 11.7 Å². The third-order valence-electron chi connectivity index (χ3n) is 3.13. The van der Waals surface area contributed by atoms with Crippen molar-refractivity contribution in [1.82, 2.24) is 0 Å². The molecule has 6 heteroatoms. The number of Topliss-reactive ketones (excluding diaryl/α,β-unsaturated/α-hetero) is 1. The van der Waals surface area contributed by atoms with Crippen molar-refractivity contribution >= 4 is 23.0 Å². The van der Waals surface area contributed by atoms with Gasteiger partial charge in [0.05, 0.1) is 5.56 Å². The van der Waals surface area contributed by atoms with E-state index in [2.05, 4.69) is 0 Å². The van der Waals surface area contributed by atoms with Crippen LogP contribution in [0, 0.1) is 5.92 Å².